The van der Waals surface area contributed by atoms with Crippen molar-refractivity contribution in [3.8, 4) is 28.5 Å². The number of carbonyl (C=O) groups excluding carboxylic acids is 1. The Morgan fingerprint density at radius 2 is 1.60 bits per heavy atom. The molecule has 0 aliphatic carbocycles. The lowest BCUT2D eigenvalue weighted by molar-refractivity contribution is -0.121. The second-order valence-electron chi connectivity index (χ2n) is 7.25. The third kappa shape index (κ3) is 2.06. The first-order valence-corrected chi connectivity index (χ1v) is 9.62. The first kappa shape index (κ1) is 16.8. The zero-order chi connectivity index (χ0) is 20.3. The summed E-state index contributed by atoms with van der Waals surface area (Å²) in [6.45, 7) is 0. The standard InChI is InChI=1S/C23H17N5O2/c1-30-19-13-7-3-9-15(19)20-25-21-14-8-2-5-11-17(14)26-23(28(21)27-20)16-10-4-6-12-18(16)24-22(23)29/h2-13,26H,1H3,(H,24,29)/t23-/m0/s1. The van der Waals surface area contributed by atoms with Crippen LogP contribution in [-0.2, 0) is 10.5 Å². The van der Waals surface area contributed by atoms with E-state index in [0.717, 1.165) is 28.1 Å². The van der Waals surface area contributed by atoms with Crippen LogP contribution in [0, 0.1) is 0 Å². The molecule has 30 heavy (non-hydrogen) atoms. The number of para-hydroxylation sites is 3. The molecule has 1 aromatic heterocycles. The van der Waals surface area contributed by atoms with Gasteiger partial charge in [0, 0.05) is 22.5 Å². The van der Waals surface area contributed by atoms with Gasteiger partial charge in [0.2, 0.25) is 5.66 Å². The van der Waals surface area contributed by atoms with E-state index in [0.29, 0.717) is 17.4 Å². The molecular weight excluding hydrogens is 378 g/mol. The van der Waals surface area contributed by atoms with Crippen molar-refractivity contribution < 1.29 is 9.53 Å². The van der Waals surface area contributed by atoms with E-state index in [1.54, 1.807) is 11.8 Å². The number of ether oxygens (including phenoxy) is 1. The van der Waals surface area contributed by atoms with E-state index >= 15 is 0 Å². The van der Waals surface area contributed by atoms with Crippen molar-refractivity contribution in [3.63, 3.8) is 0 Å². The molecule has 3 aromatic carbocycles. The molecule has 0 saturated heterocycles. The maximum Gasteiger partial charge on any atom is 0.278 e. The zero-order valence-electron chi connectivity index (χ0n) is 16.1. The van der Waals surface area contributed by atoms with Crippen LogP contribution in [0.4, 0.5) is 11.4 Å². The fraction of sp³-hybridized carbons (Fsp3) is 0.0870. The Kier molecular flexibility index (Phi) is 3.32. The Hall–Kier alpha value is -4.13. The molecule has 3 heterocycles. The van der Waals surface area contributed by atoms with Crippen molar-refractivity contribution in [3.05, 3.63) is 78.4 Å². The normalized spacial score (nSPS) is 18.2. The highest BCUT2D eigenvalue weighted by atomic mass is 16.5. The Labute approximate surface area is 172 Å². The predicted octanol–water partition coefficient (Wildman–Crippen LogP) is 3.70. The number of benzene rings is 3. The van der Waals surface area contributed by atoms with Crippen LogP contribution in [0.5, 0.6) is 5.75 Å². The van der Waals surface area contributed by atoms with Gasteiger partial charge in [0.25, 0.3) is 5.91 Å². The summed E-state index contributed by atoms with van der Waals surface area (Å²) >= 11 is 0. The van der Waals surface area contributed by atoms with E-state index < -0.39 is 5.66 Å². The van der Waals surface area contributed by atoms with Gasteiger partial charge in [-0.05, 0) is 30.3 Å². The van der Waals surface area contributed by atoms with Crippen molar-refractivity contribution in [2.45, 2.75) is 5.66 Å². The van der Waals surface area contributed by atoms with Crippen molar-refractivity contribution in [1.29, 1.82) is 0 Å². The van der Waals surface area contributed by atoms with Gasteiger partial charge in [-0.25, -0.2) is 9.67 Å². The predicted molar refractivity (Wildman–Crippen MR) is 113 cm³/mol. The first-order valence-electron chi connectivity index (χ1n) is 9.62. The van der Waals surface area contributed by atoms with Gasteiger partial charge in [-0.15, -0.1) is 5.10 Å². The summed E-state index contributed by atoms with van der Waals surface area (Å²) in [5.74, 6) is 1.59. The lowest BCUT2D eigenvalue weighted by atomic mass is 9.96. The number of hydrogen-bond acceptors (Lipinski definition) is 5. The van der Waals surface area contributed by atoms with Gasteiger partial charge >= 0.3 is 0 Å². The number of anilines is 2. The lowest BCUT2D eigenvalue weighted by Gasteiger charge is -2.35. The van der Waals surface area contributed by atoms with E-state index in [4.69, 9.17) is 14.8 Å². The third-order valence-electron chi connectivity index (χ3n) is 5.65. The maximum absolute atomic E-state index is 13.4. The molecule has 0 radical (unpaired) electrons. The van der Waals surface area contributed by atoms with E-state index in [-0.39, 0.29) is 5.91 Å². The second kappa shape index (κ2) is 5.93. The minimum atomic E-state index is -1.21. The van der Waals surface area contributed by atoms with Gasteiger partial charge in [0.1, 0.15) is 5.75 Å². The molecule has 1 atom stereocenters. The summed E-state index contributed by atoms with van der Waals surface area (Å²) in [5.41, 5.74) is 2.83. The highest BCUT2D eigenvalue weighted by Gasteiger charge is 2.53. The summed E-state index contributed by atoms with van der Waals surface area (Å²) in [5, 5.41) is 11.2. The number of carbonyl (C=O) groups is 1. The number of nitrogens with one attached hydrogen (secondary N) is 2. The van der Waals surface area contributed by atoms with Crippen molar-refractivity contribution in [1.82, 2.24) is 14.8 Å². The van der Waals surface area contributed by atoms with Gasteiger partial charge in [-0.1, -0.05) is 42.5 Å². The summed E-state index contributed by atoms with van der Waals surface area (Å²) < 4.78 is 7.20. The van der Waals surface area contributed by atoms with E-state index in [1.807, 2.05) is 72.8 Å². The smallest absolute Gasteiger partial charge is 0.278 e. The molecule has 146 valence electrons. The molecule has 1 amide bonds. The van der Waals surface area contributed by atoms with Crippen LogP contribution in [0.25, 0.3) is 22.8 Å². The van der Waals surface area contributed by atoms with Crippen LogP contribution in [-0.4, -0.2) is 27.8 Å². The fourth-order valence-corrected chi connectivity index (χ4v) is 4.28. The molecule has 2 aliphatic rings. The molecule has 0 unspecified atom stereocenters. The summed E-state index contributed by atoms with van der Waals surface area (Å²) in [6.07, 6.45) is 0. The summed E-state index contributed by atoms with van der Waals surface area (Å²) in [7, 11) is 1.62. The van der Waals surface area contributed by atoms with Crippen LogP contribution in [0.15, 0.2) is 72.8 Å². The lowest BCUT2D eigenvalue weighted by Crippen LogP contribution is -2.51. The first-order chi connectivity index (χ1) is 14.7. The number of aromatic nitrogens is 3. The maximum atomic E-state index is 13.4. The molecule has 6 rings (SSSR count). The minimum absolute atomic E-state index is 0.198. The topological polar surface area (TPSA) is 81.1 Å². The molecule has 0 bridgehead atoms. The van der Waals surface area contributed by atoms with Crippen molar-refractivity contribution >= 4 is 17.3 Å². The number of rotatable bonds is 2. The van der Waals surface area contributed by atoms with Crippen LogP contribution in [0.2, 0.25) is 0 Å². The monoisotopic (exact) mass is 395 g/mol. The molecule has 7 heteroatoms. The molecule has 1 spiro atoms. The molecule has 2 aliphatic heterocycles. The van der Waals surface area contributed by atoms with Crippen LogP contribution >= 0.6 is 0 Å². The highest BCUT2D eigenvalue weighted by molar-refractivity contribution is 6.09. The van der Waals surface area contributed by atoms with Gasteiger partial charge in [-0.3, -0.25) is 4.79 Å². The number of nitrogens with zero attached hydrogens (tertiary/aromatic N) is 3. The van der Waals surface area contributed by atoms with E-state index in [2.05, 4.69) is 10.6 Å². The molecule has 0 fully saturated rings. The quantitative estimate of drug-likeness (QED) is 0.541. The van der Waals surface area contributed by atoms with E-state index in [1.165, 1.54) is 0 Å². The van der Waals surface area contributed by atoms with Gasteiger partial charge < -0.3 is 15.4 Å². The second-order valence-corrected chi connectivity index (χ2v) is 7.25. The fourth-order valence-electron chi connectivity index (χ4n) is 4.28. The molecule has 7 nitrogen and oxygen atoms in total. The van der Waals surface area contributed by atoms with Crippen LogP contribution < -0.4 is 15.4 Å². The molecular formula is C23H17N5O2. The number of amides is 1. The Morgan fingerprint density at radius 1 is 0.900 bits per heavy atom. The van der Waals surface area contributed by atoms with Crippen LogP contribution in [0.1, 0.15) is 5.56 Å². The Morgan fingerprint density at radius 3 is 2.43 bits per heavy atom. The van der Waals surface area contributed by atoms with Gasteiger partial charge in [-0.2, -0.15) is 0 Å². The number of fused-ring (bicyclic) bond motifs is 6. The third-order valence-corrected chi connectivity index (χ3v) is 5.65. The minimum Gasteiger partial charge on any atom is -0.496 e. The van der Waals surface area contributed by atoms with Crippen molar-refractivity contribution in [2.24, 2.45) is 0 Å². The zero-order valence-corrected chi connectivity index (χ0v) is 16.1. The summed E-state index contributed by atoms with van der Waals surface area (Å²) in [4.78, 5) is 18.2. The Balaban J connectivity index is 1.67. The number of hydrogen-bond donors (Lipinski definition) is 2. The molecule has 0 saturated carbocycles. The Bertz CT molecular complexity index is 1330. The van der Waals surface area contributed by atoms with Gasteiger partial charge in [0.05, 0.1) is 12.7 Å². The summed E-state index contributed by atoms with van der Waals surface area (Å²) in [6, 6.07) is 23.0. The molecule has 4 aromatic rings. The van der Waals surface area contributed by atoms with Crippen LogP contribution in [0.3, 0.4) is 0 Å². The molecule has 2 N–H and O–H groups in total. The number of methoxy groups -OCH3 is 1. The average molecular weight is 395 g/mol. The van der Waals surface area contributed by atoms with Gasteiger partial charge in [0.15, 0.2) is 11.6 Å². The SMILES string of the molecule is COc1ccccc1-c1nc2n(n1)[C@]1(Nc3ccccc3-2)C(=O)Nc2ccccc21. The highest BCUT2D eigenvalue weighted by Crippen LogP contribution is 2.47. The van der Waals surface area contributed by atoms with E-state index in [9.17, 15) is 4.79 Å². The average Bonchev–Trinajstić information content (AvgIpc) is 3.35. The largest absolute Gasteiger partial charge is 0.496 e. The van der Waals surface area contributed by atoms with Crippen molar-refractivity contribution in [2.75, 3.05) is 17.7 Å².